The quantitative estimate of drug-likeness (QED) is 0.501. The van der Waals surface area contributed by atoms with Crippen LogP contribution in [0.2, 0.25) is 0 Å². The maximum atomic E-state index is 13.8. The first-order valence-corrected chi connectivity index (χ1v) is 14.8. The summed E-state index contributed by atoms with van der Waals surface area (Å²) in [5.41, 5.74) is 1.19. The van der Waals surface area contributed by atoms with Crippen LogP contribution in [0.5, 0.6) is 0 Å². The van der Waals surface area contributed by atoms with Gasteiger partial charge in [-0.15, -0.1) is 0 Å². The lowest BCUT2D eigenvalue weighted by molar-refractivity contribution is -0.121. The molecule has 2 amide bonds. The van der Waals surface area contributed by atoms with Crippen LogP contribution in [0.25, 0.3) is 0 Å². The second-order valence-corrected chi connectivity index (χ2v) is 12.5. The molecule has 3 saturated carbocycles. The normalized spacial score (nSPS) is 24.6. The van der Waals surface area contributed by atoms with Gasteiger partial charge in [-0.3, -0.25) is 14.3 Å². The summed E-state index contributed by atoms with van der Waals surface area (Å²) in [5, 5.41) is 10.3. The average Bonchev–Trinajstić information content (AvgIpc) is 3.28. The molecule has 3 atom stereocenters. The molecule has 4 aliphatic rings. The fourth-order valence-corrected chi connectivity index (χ4v) is 7.07. The van der Waals surface area contributed by atoms with E-state index in [1.165, 1.54) is 32.1 Å². The van der Waals surface area contributed by atoms with Crippen molar-refractivity contribution in [2.45, 2.75) is 76.9 Å². The number of aryl methyl sites for hydroxylation is 1. The zero-order valence-corrected chi connectivity index (χ0v) is 23.3. The fraction of sp³-hybridized carbons (Fsp3) is 0.667. The molecule has 0 bridgehead atoms. The van der Waals surface area contributed by atoms with Crippen molar-refractivity contribution in [2.75, 3.05) is 29.9 Å². The third-order valence-electron chi connectivity index (χ3n) is 9.84. The predicted octanol–water partition coefficient (Wildman–Crippen LogP) is 4.16. The molecule has 0 spiro atoms. The Bertz CT molecular complexity index is 1170. The number of carbonyl (C=O) groups excluding carboxylic acids is 2. The number of nitrogens with one attached hydrogen (secondary N) is 2. The Kier molecular flexibility index (Phi) is 7.35. The number of morpholine rings is 1. The molecule has 0 aromatic carbocycles. The number of amides is 2. The molecule has 210 valence electrons. The lowest BCUT2D eigenvalue weighted by Crippen LogP contribution is -2.54. The van der Waals surface area contributed by atoms with Gasteiger partial charge in [-0.1, -0.05) is 39.0 Å². The Labute approximate surface area is 231 Å². The van der Waals surface area contributed by atoms with Gasteiger partial charge in [0, 0.05) is 26.3 Å². The summed E-state index contributed by atoms with van der Waals surface area (Å²) in [6.45, 7) is 4.68. The van der Waals surface area contributed by atoms with Crippen molar-refractivity contribution in [1.29, 1.82) is 0 Å². The van der Waals surface area contributed by atoms with E-state index >= 15 is 0 Å². The summed E-state index contributed by atoms with van der Waals surface area (Å²) in [5.74, 6) is 1.70. The standard InChI is InChI=1S/C30H42N6O3/c1-30(13-14-30)26(21-8-5-9-21)27(34-28(37)23-12-15-32-35(23)2)29(38)33-22-10-11-25(31-18-22)36-16-17-39-24(19-36)20-6-3-4-7-20/h10-12,15,18,20-21,24,26-27H,3-9,13-14,16-17,19H2,1-2H3,(H,33,38)(H,34,37)/t24?,26?,27-/m0/s1. The molecule has 2 unspecified atom stereocenters. The van der Waals surface area contributed by atoms with Crippen LogP contribution in [0.3, 0.4) is 0 Å². The van der Waals surface area contributed by atoms with Crippen LogP contribution in [0, 0.1) is 23.2 Å². The van der Waals surface area contributed by atoms with E-state index in [1.807, 2.05) is 12.1 Å². The summed E-state index contributed by atoms with van der Waals surface area (Å²) in [6.07, 6.45) is 14.4. The van der Waals surface area contributed by atoms with E-state index in [0.29, 0.717) is 23.2 Å². The maximum Gasteiger partial charge on any atom is 0.270 e. The Balaban J connectivity index is 1.16. The van der Waals surface area contributed by atoms with E-state index in [4.69, 9.17) is 9.72 Å². The van der Waals surface area contributed by atoms with Crippen molar-refractivity contribution in [1.82, 2.24) is 20.1 Å². The molecule has 0 radical (unpaired) electrons. The Hall–Kier alpha value is -2.94. The molecule has 3 heterocycles. The number of hydrogen-bond acceptors (Lipinski definition) is 6. The second-order valence-electron chi connectivity index (χ2n) is 12.5. The van der Waals surface area contributed by atoms with Crippen LogP contribution in [0.1, 0.15) is 75.2 Å². The first kappa shape index (κ1) is 26.3. The minimum atomic E-state index is -0.615. The van der Waals surface area contributed by atoms with Crippen molar-refractivity contribution < 1.29 is 14.3 Å². The molecule has 1 aliphatic heterocycles. The van der Waals surface area contributed by atoms with Gasteiger partial charge >= 0.3 is 0 Å². The number of aromatic nitrogens is 3. The third kappa shape index (κ3) is 5.55. The first-order valence-electron chi connectivity index (χ1n) is 14.8. The van der Waals surface area contributed by atoms with E-state index in [1.54, 1.807) is 30.2 Å². The highest BCUT2D eigenvalue weighted by Gasteiger charge is 2.54. The number of nitrogens with zero attached hydrogens (tertiary/aromatic N) is 4. The lowest BCUT2D eigenvalue weighted by atomic mass is 9.66. The van der Waals surface area contributed by atoms with Crippen LogP contribution in [-0.2, 0) is 16.6 Å². The molecule has 9 nitrogen and oxygen atoms in total. The van der Waals surface area contributed by atoms with E-state index in [2.05, 4.69) is 27.6 Å². The predicted molar refractivity (Wildman–Crippen MR) is 149 cm³/mol. The molecule has 2 N–H and O–H groups in total. The van der Waals surface area contributed by atoms with Crippen LogP contribution in [0.4, 0.5) is 11.5 Å². The maximum absolute atomic E-state index is 13.8. The van der Waals surface area contributed by atoms with Gasteiger partial charge in [-0.25, -0.2) is 4.98 Å². The highest BCUT2D eigenvalue weighted by Crippen LogP contribution is 2.58. The van der Waals surface area contributed by atoms with Crippen molar-refractivity contribution in [3.63, 3.8) is 0 Å². The van der Waals surface area contributed by atoms with Gasteiger partial charge in [0.05, 0.1) is 24.6 Å². The van der Waals surface area contributed by atoms with Gasteiger partial charge in [-0.05, 0) is 67.1 Å². The highest BCUT2D eigenvalue weighted by molar-refractivity contribution is 6.00. The summed E-state index contributed by atoms with van der Waals surface area (Å²) in [4.78, 5) is 34.1. The molecular formula is C30H42N6O3. The molecule has 3 aliphatic carbocycles. The van der Waals surface area contributed by atoms with Crippen LogP contribution >= 0.6 is 0 Å². The van der Waals surface area contributed by atoms with Gasteiger partial charge in [0.2, 0.25) is 5.91 Å². The summed E-state index contributed by atoms with van der Waals surface area (Å²) in [7, 11) is 1.74. The number of pyridine rings is 1. The minimum Gasteiger partial charge on any atom is -0.374 e. The smallest absolute Gasteiger partial charge is 0.270 e. The minimum absolute atomic E-state index is 0.0845. The van der Waals surface area contributed by atoms with Gasteiger partial charge in [-0.2, -0.15) is 5.10 Å². The number of anilines is 2. The zero-order chi connectivity index (χ0) is 27.0. The van der Waals surface area contributed by atoms with Gasteiger partial charge < -0.3 is 20.3 Å². The fourth-order valence-electron chi connectivity index (χ4n) is 7.07. The molecular weight excluding hydrogens is 492 g/mol. The number of carbonyl (C=O) groups is 2. The number of hydrogen-bond donors (Lipinski definition) is 2. The summed E-state index contributed by atoms with van der Waals surface area (Å²) >= 11 is 0. The van der Waals surface area contributed by atoms with Crippen LogP contribution in [0.15, 0.2) is 30.6 Å². The van der Waals surface area contributed by atoms with Crippen molar-refractivity contribution in [3.05, 3.63) is 36.3 Å². The second kappa shape index (κ2) is 10.9. The van der Waals surface area contributed by atoms with Gasteiger partial charge in [0.25, 0.3) is 5.91 Å². The first-order chi connectivity index (χ1) is 18.9. The van der Waals surface area contributed by atoms with Crippen molar-refractivity contribution >= 4 is 23.3 Å². The molecule has 6 rings (SSSR count). The summed E-state index contributed by atoms with van der Waals surface area (Å²) < 4.78 is 7.65. The van der Waals surface area contributed by atoms with Crippen molar-refractivity contribution in [2.24, 2.45) is 30.2 Å². The van der Waals surface area contributed by atoms with Crippen LogP contribution < -0.4 is 15.5 Å². The monoisotopic (exact) mass is 534 g/mol. The van der Waals surface area contributed by atoms with E-state index in [9.17, 15) is 9.59 Å². The van der Waals surface area contributed by atoms with E-state index < -0.39 is 6.04 Å². The van der Waals surface area contributed by atoms with E-state index in [-0.39, 0.29) is 29.3 Å². The molecule has 4 fully saturated rings. The zero-order valence-electron chi connectivity index (χ0n) is 23.3. The molecule has 39 heavy (non-hydrogen) atoms. The Morgan fingerprint density at radius 1 is 1.10 bits per heavy atom. The molecule has 2 aromatic rings. The highest BCUT2D eigenvalue weighted by atomic mass is 16.5. The largest absolute Gasteiger partial charge is 0.374 e. The third-order valence-corrected chi connectivity index (χ3v) is 9.84. The van der Waals surface area contributed by atoms with Crippen molar-refractivity contribution in [3.8, 4) is 0 Å². The lowest BCUT2D eigenvalue weighted by Gasteiger charge is -2.42. The van der Waals surface area contributed by atoms with E-state index in [0.717, 1.165) is 51.2 Å². The average molecular weight is 535 g/mol. The topological polar surface area (TPSA) is 101 Å². The molecule has 9 heteroatoms. The van der Waals surface area contributed by atoms with Crippen LogP contribution in [-0.4, -0.2) is 58.4 Å². The molecule has 2 aromatic heterocycles. The number of ether oxygens (including phenoxy) is 1. The Morgan fingerprint density at radius 2 is 1.90 bits per heavy atom. The number of rotatable bonds is 9. The van der Waals surface area contributed by atoms with Gasteiger partial charge in [0.15, 0.2) is 0 Å². The molecule has 1 saturated heterocycles. The van der Waals surface area contributed by atoms with Gasteiger partial charge in [0.1, 0.15) is 17.6 Å². The SMILES string of the molecule is Cn1nccc1C(=O)N[C@H](C(=O)Nc1ccc(N2CCOC(C3CCCC3)C2)nc1)C(C1CCC1)C1(C)CC1. The Morgan fingerprint density at radius 3 is 2.51 bits per heavy atom. The summed E-state index contributed by atoms with van der Waals surface area (Å²) in [6, 6.07) is 4.99.